The molecule has 0 saturated heterocycles. The van der Waals surface area contributed by atoms with Gasteiger partial charge in [-0.2, -0.15) is 0 Å². The Morgan fingerprint density at radius 1 is 1.03 bits per heavy atom. The third kappa shape index (κ3) is 5.11. The summed E-state index contributed by atoms with van der Waals surface area (Å²) in [5, 5.41) is 3.69. The Labute approximate surface area is 174 Å². The number of rotatable bonds is 9. The molecule has 2 aromatic carbocycles. The van der Waals surface area contributed by atoms with E-state index in [4.69, 9.17) is 18.6 Å². The molecule has 1 aromatic heterocycles. The van der Waals surface area contributed by atoms with E-state index in [1.165, 1.54) is 6.07 Å². The van der Waals surface area contributed by atoms with Gasteiger partial charge in [0, 0.05) is 24.1 Å². The highest BCUT2D eigenvalue weighted by molar-refractivity contribution is 5.82. The molecular weight excluding hydrogens is 386 g/mol. The average molecular weight is 411 g/mol. The Morgan fingerprint density at radius 2 is 1.83 bits per heavy atom. The lowest BCUT2D eigenvalue weighted by molar-refractivity contribution is -0.123. The second-order valence-electron chi connectivity index (χ2n) is 6.68. The van der Waals surface area contributed by atoms with Gasteiger partial charge in [0.05, 0.1) is 14.2 Å². The Kier molecular flexibility index (Phi) is 6.95. The molecule has 0 unspecified atom stereocenters. The van der Waals surface area contributed by atoms with Crippen LogP contribution in [0.2, 0.25) is 0 Å². The zero-order valence-corrected chi connectivity index (χ0v) is 17.3. The van der Waals surface area contributed by atoms with Crippen molar-refractivity contribution in [1.29, 1.82) is 0 Å². The second kappa shape index (κ2) is 9.82. The monoisotopic (exact) mass is 411 g/mol. The van der Waals surface area contributed by atoms with Crippen molar-refractivity contribution in [3.05, 3.63) is 64.0 Å². The fourth-order valence-corrected chi connectivity index (χ4v) is 3.17. The van der Waals surface area contributed by atoms with Gasteiger partial charge < -0.3 is 23.9 Å². The standard InChI is InChI=1S/C23H25NO6/c1-4-16-12-23(26)30-20-13-17(6-7-18(16)20)29-14-22(25)24-10-9-15-5-8-19(27-2)21(11-15)28-3/h5-8,11-13H,4,9-10,14H2,1-3H3,(H,24,25). The Balaban J connectivity index is 1.53. The number of hydrogen-bond acceptors (Lipinski definition) is 6. The third-order valence-electron chi connectivity index (χ3n) is 4.74. The predicted molar refractivity (Wildman–Crippen MR) is 114 cm³/mol. The van der Waals surface area contributed by atoms with Crippen molar-refractivity contribution in [2.75, 3.05) is 27.4 Å². The first-order valence-corrected chi connectivity index (χ1v) is 9.71. The van der Waals surface area contributed by atoms with Crippen LogP contribution in [-0.2, 0) is 17.6 Å². The van der Waals surface area contributed by atoms with Gasteiger partial charge in [0.1, 0.15) is 11.3 Å². The van der Waals surface area contributed by atoms with Crippen LogP contribution in [0.4, 0.5) is 0 Å². The van der Waals surface area contributed by atoms with Gasteiger partial charge in [0.25, 0.3) is 5.91 Å². The Hall–Kier alpha value is -3.48. The molecule has 1 amide bonds. The lowest BCUT2D eigenvalue weighted by atomic mass is 10.1. The first-order chi connectivity index (χ1) is 14.5. The zero-order chi connectivity index (χ0) is 21.5. The molecule has 0 radical (unpaired) electrons. The highest BCUT2D eigenvalue weighted by atomic mass is 16.5. The van der Waals surface area contributed by atoms with Crippen LogP contribution < -0.4 is 25.2 Å². The summed E-state index contributed by atoms with van der Waals surface area (Å²) in [5.74, 6) is 1.54. The molecule has 0 atom stereocenters. The first-order valence-electron chi connectivity index (χ1n) is 9.71. The number of hydrogen-bond donors (Lipinski definition) is 1. The molecule has 0 aliphatic heterocycles. The maximum Gasteiger partial charge on any atom is 0.336 e. The Bertz CT molecular complexity index is 1090. The third-order valence-corrected chi connectivity index (χ3v) is 4.74. The molecule has 3 aromatic rings. The zero-order valence-electron chi connectivity index (χ0n) is 17.3. The number of amides is 1. The van der Waals surface area contributed by atoms with Crippen LogP contribution in [0, 0.1) is 0 Å². The van der Waals surface area contributed by atoms with Crippen molar-refractivity contribution in [2.24, 2.45) is 0 Å². The summed E-state index contributed by atoms with van der Waals surface area (Å²) in [6.07, 6.45) is 1.37. The van der Waals surface area contributed by atoms with E-state index >= 15 is 0 Å². The molecule has 7 nitrogen and oxygen atoms in total. The van der Waals surface area contributed by atoms with Crippen molar-refractivity contribution in [3.8, 4) is 17.2 Å². The molecule has 0 fully saturated rings. The van der Waals surface area contributed by atoms with Gasteiger partial charge in [-0.05, 0) is 48.2 Å². The van der Waals surface area contributed by atoms with Gasteiger partial charge in [0.15, 0.2) is 18.1 Å². The molecule has 158 valence electrons. The van der Waals surface area contributed by atoms with E-state index in [1.807, 2.05) is 31.2 Å². The van der Waals surface area contributed by atoms with E-state index in [0.29, 0.717) is 35.8 Å². The van der Waals surface area contributed by atoms with Crippen molar-refractivity contribution < 1.29 is 23.4 Å². The summed E-state index contributed by atoms with van der Waals surface area (Å²) in [4.78, 5) is 23.8. The smallest absolute Gasteiger partial charge is 0.336 e. The first kappa shape index (κ1) is 21.2. The lowest BCUT2D eigenvalue weighted by Crippen LogP contribution is -2.30. The van der Waals surface area contributed by atoms with E-state index in [9.17, 15) is 9.59 Å². The molecule has 0 aliphatic rings. The van der Waals surface area contributed by atoms with Crippen LogP contribution in [0.3, 0.4) is 0 Å². The van der Waals surface area contributed by atoms with Crippen molar-refractivity contribution in [3.63, 3.8) is 0 Å². The Morgan fingerprint density at radius 3 is 2.57 bits per heavy atom. The highest BCUT2D eigenvalue weighted by Gasteiger charge is 2.08. The molecular formula is C23H25NO6. The summed E-state index contributed by atoms with van der Waals surface area (Å²) in [6.45, 7) is 2.31. The number of carbonyl (C=O) groups excluding carboxylic acids is 1. The summed E-state index contributed by atoms with van der Waals surface area (Å²) in [5.41, 5.74) is 1.99. The van der Waals surface area contributed by atoms with E-state index in [-0.39, 0.29) is 12.5 Å². The molecule has 7 heteroatoms. The predicted octanol–water partition coefficient (Wildman–Crippen LogP) is 3.11. The maximum absolute atomic E-state index is 12.1. The molecule has 3 rings (SSSR count). The fourth-order valence-electron chi connectivity index (χ4n) is 3.17. The summed E-state index contributed by atoms with van der Waals surface area (Å²) < 4.78 is 21.3. The number of aryl methyl sites for hydroxylation is 1. The molecule has 0 aliphatic carbocycles. The van der Waals surface area contributed by atoms with Crippen LogP contribution in [-0.4, -0.2) is 33.3 Å². The number of benzene rings is 2. The molecule has 0 saturated carbocycles. The number of methoxy groups -OCH3 is 2. The summed E-state index contributed by atoms with van der Waals surface area (Å²) in [7, 11) is 3.17. The van der Waals surface area contributed by atoms with Crippen LogP contribution in [0.5, 0.6) is 17.2 Å². The topological polar surface area (TPSA) is 87.0 Å². The van der Waals surface area contributed by atoms with Gasteiger partial charge in [0.2, 0.25) is 0 Å². The minimum absolute atomic E-state index is 0.130. The average Bonchev–Trinajstić information content (AvgIpc) is 2.76. The minimum Gasteiger partial charge on any atom is -0.493 e. The van der Waals surface area contributed by atoms with Gasteiger partial charge in [-0.3, -0.25) is 4.79 Å². The SMILES string of the molecule is CCc1cc(=O)oc2cc(OCC(=O)NCCc3ccc(OC)c(OC)c3)ccc12. The fraction of sp³-hybridized carbons (Fsp3) is 0.304. The van der Waals surface area contributed by atoms with Crippen LogP contribution in [0.25, 0.3) is 11.0 Å². The van der Waals surface area contributed by atoms with Gasteiger partial charge in [-0.1, -0.05) is 13.0 Å². The lowest BCUT2D eigenvalue weighted by Gasteiger charge is -2.11. The summed E-state index contributed by atoms with van der Waals surface area (Å²) >= 11 is 0. The number of fused-ring (bicyclic) bond motifs is 1. The quantitative estimate of drug-likeness (QED) is 0.545. The summed E-state index contributed by atoms with van der Waals surface area (Å²) in [6, 6.07) is 12.4. The number of nitrogens with one attached hydrogen (secondary N) is 1. The molecule has 30 heavy (non-hydrogen) atoms. The van der Waals surface area contributed by atoms with Crippen LogP contribution in [0.1, 0.15) is 18.1 Å². The second-order valence-corrected chi connectivity index (χ2v) is 6.68. The van der Waals surface area contributed by atoms with E-state index in [2.05, 4.69) is 5.32 Å². The van der Waals surface area contributed by atoms with E-state index in [0.717, 1.165) is 22.9 Å². The van der Waals surface area contributed by atoms with Crippen molar-refractivity contribution in [2.45, 2.75) is 19.8 Å². The van der Waals surface area contributed by atoms with Crippen LogP contribution in [0.15, 0.2) is 51.7 Å². The number of ether oxygens (including phenoxy) is 3. The normalized spacial score (nSPS) is 10.6. The molecule has 1 N–H and O–H groups in total. The maximum atomic E-state index is 12.1. The largest absolute Gasteiger partial charge is 0.493 e. The molecule has 0 bridgehead atoms. The van der Waals surface area contributed by atoms with E-state index in [1.54, 1.807) is 26.4 Å². The van der Waals surface area contributed by atoms with Gasteiger partial charge >= 0.3 is 5.63 Å². The van der Waals surface area contributed by atoms with Crippen molar-refractivity contribution in [1.82, 2.24) is 5.32 Å². The number of carbonyl (C=O) groups is 1. The minimum atomic E-state index is -0.399. The van der Waals surface area contributed by atoms with Gasteiger partial charge in [-0.15, -0.1) is 0 Å². The molecule has 1 heterocycles. The van der Waals surface area contributed by atoms with Crippen LogP contribution >= 0.6 is 0 Å². The van der Waals surface area contributed by atoms with E-state index < -0.39 is 5.63 Å². The van der Waals surface area contributed by atoms with Gasteiger partial charge in [-0.25, -0.2) is 4.79 Å². The highest BCUT2D eigenvalue weighted by Crippen LogP contribution is 2.27. The molecule has 0 spiro atoms. The van der Waals surface area contributed by atoms with Crippen molar-refractivity contribution >= 4 is 16.9 Å².